The number of anilines is 2. The monoisotopic (exact) mass is 408 g/mol. The summed E-state index contributed by atoms with van der Waals surface area (Å²) in [5, 5.41) is 7.46. The molecular weight excluding hydrogens is 376 g/mol. The molecule has 0 amide bonds. The average Bonchev–Trinajstić information content (AvgIpc) is 3.02. The Labute approximate surface area is 177 Å². The third-order valence-electron chi connectivity index (χ3n) is 5.54. The molecule has 3 rings (SSSR count). The predicted molar refractivity (Wildman–Crippen MR) is 125 cm³/mol. The molecule has 0 aliphatic heterocycles. The standard InChI is InChI=1S/C23H32N6O/c1-9-28(10-2)17-11-14(5)20(18(12-17)24-8)25-21-16(7)27-29-22(21)26-19(13(3)4)15(6)23(29)30/h11-13,24,27H,7,9-10H2,1-6,8H3. The van der Waals surface area contributed by atoms with Gasteiger partial charge in [-0.2, -0.15) is 4.52 Å². The number of rotatable bonds is 6. The molecule has 7 heteroatoms. The van der Waals surface area contributed by atoms with Gasteiger partial charge in [0.1, 0.15) is 5.36 Å². The third kappa shape index (κ3) is 3.60. The van der Waals surface area contributed by atoms with Crippen LogP contribution in [0.15, 0.2) is 21.9 Å². The van der Waals surface area contributed by atoms with Gasteiger partial charge in [0.15, 0.2) is 5.65 Å². The van der Waals surface area contributed by atoms with E-state index in [1.54, 1.807) is 0 Å². The normalized spacial score (nSPS) is 12.2. The van der Waals surface area contributed by atoms with Crippen LogP contribution in [0.25, 0.3) is 12.2 Å². The Morgan fingerprint density at radius 3 is 2.50 bits per heavy atom. The van der Waals surface area contributed by atoms with E-state index in [1.807, 2.05) is 34.7 Å². The average molecular weight is 409 g/mol. The molecule has 0 atom stereocenters. The molecule has 0 bridgehead atoms. The first-order valence-electron chi connectivity index (χ1n) is 10.5. The van der Waals surface area contributed by atoms with Gasteiger partial charge in [-0.25, -0.2) is 9.98 Å². The maximum Gasteiger partial charge on any atom is 0.275 e. The largest absolute Gasteiger partial charge is 0.386 e. The van der Waals surface area contributed by atoms with Crippen LogP contribution in [-0.4, -0.2) is 34.7 Å². The van der Waals surface area contributed by atoms with Crippen LogP contribution in [0.2, 0.25) is 0 Å². The lowest BCUT2D eigenvalue weighted by Gasteiger charge is -2.23. The van der Waals surface area contributed by atoms with Crippen LogP contribution in [0.1, 0.15) is 50.4 Å². The quantitative estimate of drug-likeness (QED) is 0.657. The summed E-state index contributed by atoms with van der Waals surface area (Å²) >= 11 is 0. The molecule has 0 unspecified atom stereocenters. The zero-order chi connectivity index (χ0) is 22.2. The van der Waals surface area contributed by atoms with E-state index < -0.39 is 0 Å². The second kappa shape index (κ2) is 8.34. The van der Waals surface area contributed by atoms with Crippen molar-refractivity contribution in [3.8, 4) is 0 Å². The van der Waals surface area contributed by atoms with Crippen LogP contribution >= 0.6 is 0 Å². The highest BCUT2D eigenvalue weighted by molar-refractivity contribution is 5.75. The summed E-state index contributed by atoms with van der Waals surface area (Å²) in [5.74, 6) is 0.140. The summed E-state index contributed by atoms with van der Waals surface area (Å²) in [5.41, 5.74) is 5.77. The summed E-state index contributed by atoms with van der Waals surface area (Å²) in [6.45, 7) is 18.2. The molecule has 0 spiro atoms. The van der Waals surface area contributed by atoms with Gasteiger partial charge in [-0.1, -0.05) is 20.4 Å². The lowest BCUT2D eigenvalue weighted by atomic mass is 10.1. The van der Waals surface area contributed by atoms with Crippen molar-refractivity contribution in [1.29, 1.82) is 0 Å². The van der Waals surface area contributed by atoms with Crippen LogP contribution in [0.3, 0.4) is 0 Å². The second-order valence-corrected chi connectivity index (χ2v) is 7.87. The Morgan fingerprint density at radius 1 is 1.27 bits per heavy atom. The van der Waals surface area contributed by atoms with E-state index in [0.29, 0.717) is 21.9 Å². The van der Waals surface area contributed by atoms with E-state index in [4.69, 9.17) is 9.98 Å². The highest BCUT2D eigenvalue weighted by Gasteiger charge is 2.16. The van der Waals surface area contributed by atoms with E-state index in [0.717, 1.165) is 41.4 Å². The number of nitrogens with zero attached hydrogens (tertiary/aromatic N) is 4. The molecule has 0 aliphatic carbocycles. The number of hydrogen-bond donors (Lipinski definition) is 2. The van der Waals surface area contributed by atoms with Gasteiger partial charge in [-0.3, -0.25) is 9.89 Å². The predicted octanol–water partition coefficient (Wildman–Crippen LogP) is 3.01. The molecular formula is C23H32N6O. The summed E-state index contributed by atoms with van der Waals surface area (Å²) in [6, 6.07) is 4.26. The lowest BCUT2D eigenvalue weighted by molar-refractivity contribution is 0.778. The lowest BCUT2D eigenvalue weighted by Crippen LogP contribution is -2.23. The number of H-pyrrole nitrogens is 1. The molecule has 0 radical (unpaired) electrons. The Balaban J connectivity index is 2.34. The van der Waals surface area contributed by atoms with Gasteiger partial charge >= 0.3 is 0 Å². The Morgan fingerprint density at radius 2 is 1.93 bits per heavy atom. The van der Waals surface area contributed by atoms with Crippen LogP contribution in [0.5, 0.6) is 0 Å². The summed E-state index contributed by atoms with van der Waals surface area (Å²) in [7, 11) is 1.89. The smallest absolute Gasteiger partial charge is 0.275 e. The van der Waals surface area contributed by atoms with Crippen molar-refractivity contribution in [3.05, 3.63) is 50.0 Å². The Bertz CT molecular complexity index is 1250. The van der Waals surface area contributed by atoms with Crippen LogP contribution in [0, 0.1) is 13.8 Å². The molecule has 160 valence electrons. The van der Waals surface area contributed by atoms with E-state index in [9.17, 15) is 4.79 Å². The Kier molecular flexibility index (Phi) is 6.01. The van der Waals surface area contributed by atoms with Crippen LogP contribution in [-0.2, 0) is 0 Å². The number of aryl methyl sites for hydroxylation is 1. The second-order valence-electron chi connectivity index (χ2n) is 7.87. The van der Waals surface area contributed by atoms with E-state index in [1.165, 1.54) is 4.52 Å². The number of aromatic amines is 1. The molecule has 0 fully saturated rings. The van der Waals surface area contributed by atoms with Crippen molar-refractivity contribution in [1.82, 2.24) is 14.6 Å². The van der Waals surface area contributed by atoms with Gasteiger partial charge in [-0.05, 0) is 51.3 Å². The summed E-state index contributed by atoms with van der Waals surface area (Å²) < 4.78 is 1.45. The first-order chi connectivity index (χ1) is 14.2. The van der Waals surface area contributed by atoms with Crippen molar-refractivity contribution in [2.24, 2.45) is 4.99 Å². The molecule has 0 saturated heterocycles. The fourth-order valence-electron chi connectivity index (χ4n) is 3.87. The highest BCUT2D eigenvalue weighted by Crippen LogP contribution is 2.33. The highest BCUT2D eigenvalue weighted by atomic mass is 16.1. The molecule has 30 heavy (non-hydrogen) atoms. The van der Waals surface area contributed by atoms with Crippen molar-refractivity contribution in [2.45, 2.75) is 47.5 Å². The minimum atomic E-state index is -0.113. The van der Waals surface area contributed by atoms with Crippen molar-refractivity contribution >= 4 is 29.3 Å². The molecule has 2 N–H and O–H groups in total. The number of hydrogen-bond acceptors (Lipinski definition) is 5. The van der Waals surface area contributed by atoms with Gasteiger partial charge in [-0.15, -0.1) is 0 Å². The molecule has 0 aliphatic rings. The van der Waals surface area contributed by atoms with Crippen molar-refractivity contribution in [2.75, 3.05) is 30.4 Å². The zero-order valence-electron chi connectivity index (χ0n) is 19.1. The van der Waals surface area contributed by atoms with Gasteiger partial charge in [0.25, 0.3) is 5.56 Å². The van der Waals surface area contributed by atoms with Gasteiger partial charge < -0.3 is 10.2 Å². The maximum absolute atomic E-state index is 12.9. The minimum Gasteiger partial charge on any atom is -0.386 e. The number of nitrogens with one attached hydrogen (secondary N) is 2. The molecule has 3 aromatic rings. The van der Waals surface area contributed by atoms with E-state index >= 15 is 0 Å². The van der Waals surface area contributed by atoms with Gasteiger partial charge in [0, 0.05) is 31.4 Å². The fourth-order valence-corrected chi connectivity index (χ4v) is 3.87. The van der Waals surface area contributed by atoms with Crippen LogP contribution < -0.4 is 26.5 Å². The Hall–Kier alpha value is -3.09. The fraction of sp³-hybridized carbons (Fsp3) is 0.435. The zero-order valence-corrected chi connectivity index (χ0v) is 19.1. The first-order valence-corrected chi connectivity index (χ1v) is 10.5. The van der Waals surface area contributed by atoms with Crippen molar-refractivity contribution < 1.29 is 0 Å². The topological polar surface area (TPSA) is 77.8 Å². The van der Waals surface area contributed by atoms with Crippen LogP contribution in [0.4, 0.5) is 17.1 Å². The molecule has 0 saturated carbocycles. The first kappa shape index (κ1) is 21.6. The minimum absolute atomic E-state index is 0.113. The number of benzene rings is 1. The SMILES string of the molecule is C=c1[nH]n2c(=O)c(C)c(C(C)C)nc2c1=Nc1c(C)cc(N(CC)CC)cc1NC. The molecule has 7 nitrogen and oxygen atoms in total. The molecule has 2 aromatic heterocycles. The molecule has 2 heterocycles. The van der Waals surface area contributed by atoms with Gasteiger partial charge in [0.05, 0.1) is 22.4 Å². The third-order valence-corrected chi connectivity index (χ3v) is 5.54. The van der Waals surface area contributed by atoms with Crippen molar-refractivity contribution in [3.63, 3.8) is 0 Å². The number of aromatic nitrogens is 3. The van der Waals surface area contributed by atoms with E-state index in [-0.39, 0.29) is 11.5 Å². The van der Waals surface area contributed by atoms with E-state index in [2.05, 4.69) is 47.9 Å². The number of fused-ring (bicyclic) bond motifs is 1. The maximum atomic E-state index is 12.9. The molecule has 1 aromatic carbocycles. The van der Waals surface area contributed by atoms with Gasteiger partial charge in [0.2, 0.25) is 0 Å². The summed E-state index contributed by atoms with van der Waals surface area (Å²) in [6.07, 6.45) is 0. The summed E-state index contributed by atoms with van der Waals surface area (Å²) in [4.78, 5) is 24.9.